The van der Waals surface area contributed by atoms with Crippen LogP contribution < -0.4 is 10.2 Å². The molecule has 3 rings (SSSR count). The first-order chi connectivity index (χ1) is 8.29. The average molecular weight is 231 g/mol. The van der Waals surface area contributed by atoms with Gasteiger partial charge >= 0.3 is 0 Å². The first kappa shape index (κ1) is 11.0. The van der Waals surface area contributed by atoms with E-state index in [2.05, 4.69) is 35.2 Å². The maximum Gasteiger partial charge on any atom is 0.0587 e. The van der Waals surface area contributed by atoms with Crippen molar-refractivity contribution in [3.8, 4) is 0 Å². The Bertz CT molecular complexity index is 390. The molecule has 1 aromatic heterocycles. The third kappa shape index (κ3) is 1.82. The molecule has 2 bridgehead atoms. The van der Waals surface area contributed by atoms with Gasteiger partial charge in [0, 0.05) is 24.3 Å². The van der Waals surface area contributed by atoms with Crippen LogP contribution in [0.2, 0.25) is 0 Å². The number of nitrogens with one attached hydrogen (secondary N) is 1. The van der Waals surface area contributed by atoms with E-state index in [-0.39, 0.29) is 0 Å². The quantitative estimate of drug-likeness (QED) is 0.845. The fraction of sp³-hybridized carbons (Fsp3) is 0.643. The summed E-state index contributed by atoms with van der Waals surface area (Å²) >= 11 is 0. The molecule has 2 atom stereocenters. The first-order valence-electron chi connectivity index (χ1n) is 6.66. The first-order valence-corrected chi connectivity index (χ1v) is 6.66. The number of fused-ring (bicyclic) bond motifs is 2. The lowest BCUT2D eigenvalue weighted by molar-refractivity contribution is 0.373. The molecule has 2 fully saturated rings. The fourth-order valence-electron chi connectivity index (χ4n) is 3.53. The second kappa shape index (κ2) is 4.30. The summed E-state index contributed by atoms with van der Waals surface area (Å²) in [4.78, 5) is 6.93. The number of anilines is 1. The van der Waals surface area contributed by atoms with Gasteiger partial charge in [0.1, 0.15) is 0 Å². The Morgan fingerprint density at radius 1 is 1.29 bits per heavy atom. The number of rotatable bonds is 2. The molecule has 2 aliphatic heterocycles. The zero-order valence-corrected chi connectivity index (χ0v) is 10.7. The Hall–Kier alpha value is -1.09. The van der Waals surface area contributed by atoms with Crippen molar-refractivity contribution in [1.82, 2.24) is 10.3 Å². The predicted molar refractivity (Wildman–Crippen MR) is 70.3 cm³/mol. The van der Waals surface area contributed by atoms with Gasteiger partial charge in [-0.3, -0.25) is 4.98 Å². The van der Waals surface area contributed by atoms with Crippen molar-refractivity contribution in [2.45, 2.75) is 50.7 Å². The Morgan fingerprint density at radius 3 is 2.59 bits per heavy atom. The summed E-state index contributed by atoms with van der Waals surface area (Å²) < 4.78 is 0. The van der Waals surface area contributed by atoms with Crippen molar-refractivity contribution in [2.75, 3.05) is 11.9 Å². The second-order valence-electron chi connectivity index (χ2n) is 5.41. The summed E-state index contributed by atoms with van der Waals surface area (Å²) in [5.74, 6) is 0. The number of hydrogen-bond acceptors (Lipinski definition) is 3. The maximum atomic E-state index is 4.30. The molecule has 3 heteroatoms. The second-order valence-corrected chi connectivity index (χ2v) is 5.41. The molecule has 1 N–H and O–H groups in total. The number of aromatic nitrogens is 1. The lowest BCUT2D eigenvalue weighted by Crippen LogP contribution is -2.48. The number of aryl methyl sites for hydroxylation is 1. The van der Waals surface area contributed by atoms with Gasteiger partial charge in [-0.05, 0) is 51.3 Å². The van der Waals surface area contributed by atoms with Gasteiger partial charge in [0.25, 0.3) is 0 Å². The van der Waals surface area contributed by atoms with Gasteiger partial charge in [-0.2, -0.15) is 0 Å². The van der Waals surface area contributed by atoms with Crippen LogP contribution in [-0.2, 0) is 0 Å². The minimum atomic E-state index is 0.709. The molecule has 92 valence electrons. The van der Waals surface area contributed by atoms with Gasteiger partial charge in [-0.15, -0.1) is 0 Å². The fourth-order valence-corrected chi connectivity index (χ4v) is 3.53. The van der Waals surface area contributed by atoms with Crippen molar-refractivity contribution in [1.29, 1.82) is 0 Å². The molecule has 0 spiro atoms. The largest absolute Gasteiger partial charge is 0.364 e. The summed E-state index contributed by atoms with van der Waals surface area (Å²) in [6.07, 6.45) is 9.18. The Kier molecular flexibility index (Phi) is 2.79. The van der Waals surface area contributed by atoms with E-state index in [1.807, 2.05) is 12.4 Å². The Labute approximate surface area is 103 Å². The lowest BCUT2D eigenvalue weighted by atomic mass is 9.96. The average Bonchev–Trinajstić information content (AvgIpc) is 2.60. The van der Waals surface area contributed by atoms with Gasteiger partial charge in [-0.1, -0.05) is 0 Å². The molecule has 2 saturated heterocycles. The van der Waals surface area contributed by atoms with Gasteiger partial charge in [-0.25, -0.2) is 0 Å². The SMILES string of the molecule is CNC1CC2CCC(C1)N2c1cnccc1C. The summed E-state index contributed by atoms with van der Waals surface area (Å²) in [5, 5.41) is 3.45. The van der Waals surface area contributed by atoms with E-state index in [9.17, 15) is 0 Å². The molecule has 3 heterocycles. The van der Waals surface area contributed by atoms with E-state index in [0.717, 1.165) is 0 Å². The van der Waals surface area contributed by atoms with E-state index in [0.29, 0.717) is 18.1 Å². The molecular formula is C14H21N3. The van der Waals surface area contributed by atoms with Gasteiger partial charge < -0.3 is 10.2 Å². The molecular weight excluding hydrogens is 210 g/mol. The zero-order valence-electron chi connectivity index (χ0n) is 10.7. The van der Waals surface area contributed by atoms with Crippen LogP contribution in [-0.4, -0.2) is 30.2 Å². The van der Waals surface area contributed by atoms with E-state index in [1.165, 1.54) is 36.9 Å². The number of hydrogen-bond donors (Lipinski definition) is 1. The molecule has 3 nitrogen and oxygen atoms in total. The van der Waals surface area contributed by atoms with E-state index < -0.39 is 0 Å². The topological polar surface area (TPSA) is 28.2 Å². The molecule has 1 aromatic rings. The minimum absolute atomic E-state index is 0.709. The molecule has 17 heavy (non-hydrogen) atoms. The minimum Gasteiger partial charge on any atom is -0.364 e. The van der Waals surface area contributed by atoms with Crippen LogP contribution in [0.4, 0.5) is 5.69 Å². The lowest BCUT2D eigenvalue weighted by Gasteiger charge is -2.41. The van der Waals surface area contributed by atoms with Crippen LogP contribution in [0.25, 0.3) is 0 Å². The van der Waals surface area contributed by atoms with E-state index in [4.69, 9.17) is 0 Å². The zero-order chi connectivity index (χ0) is 11.8. The third-order valence-electron chi connectivity index (χ3n) is 4.43. The van der Waals surface area contributed by atoms with Crippen LogP contribution in [0, 0.1) is 6.92 Å². The summed E-state index contributed by atoms with van der Waals surface area (Å²) in [6.45, 7) is 2.20. The van der Waals surface area contributed by atoms with Gasteiger partial charge in [0.05, 0.1) is 11.9 Å². The monoisotopic (exact) mass is 231 g/mol. The summed E-state index contributed by atoms with van der Waals surface area (Å²) in [6, 6.07) is 4.27. The van der Waals surface area contributed by atoms with Crippen molar-refractivity contribution in [3.05, 3.63) is 24.0 Å². The molecule has 2 unspecified atom stereocenters. The highest BCUT2D eigenvalue weighted by Gasteiger charge is 2.40. The molecule has 0 aromatic carbocycles. The van der Waals surface area contributed by atoms with Crippen LogP contribution in [0.3, 0.4) is 0 Å². The third-order valence-corrected chi connectivity index (χ3v) is 4.43. The van der Waals surface area contributed by atoms with E-state index >= 15 is 0 Å². The predicted octanol–water partition coefficient (Wildman–Crippen LogP) is 2.11. The van der Waals surface area contributed by atoms with Crippen LogP contribution in [0.5, 0.6) is 0 Å². The van der Waals surface area contributed by atoms with Gasteiger partial charge in [0.2, 0.25) is 0 Å². The summed E-state index contributed by atoms with van der Waals surface area (Å²) in [7, 11) is 2.09. The Balaban J connectivity index is 1.89. The van der Waals surface area contributed by atoms with E-state index in [1.54, 1.807) is 0 Å². The molecule has 0 amide bonds. The number of piperidine rings is 1. The highest BCUT2D eigenvalue weighted by atomic mass is 15.2. The van der Waals surface area contributed by atoms with Crippen molar-refractivity contribution in [3.63, 3.8) is 0 Å². The number of pyridine rings is 1. The van der Waals surface area contributed by atoms with Crippen LogP contribution in [0.1, 0.15) is 31.2 Å². The standard InChI is InChI=1S/C14H21N3/c1-10-5-6-16-9-14(10)17-12-3-4-13(17)8-11(7-12)15-2/h5-6,9,11-13,15H,3-4,7-8H2,1-2H3. The van der Waals surface area contributed by atoms with Crippen molar-refractivity contribution in [2.24, 2.45) is 0 Å². The van der Waals surface area contributed by atoms with Crippen molar-refractivity contribution < 1.29 is 0 Å². The molecule has 0 radical (unpaired) electrons. The van der Waals surface area contributed by atoms with Crippen molar-refractivity contribution >= 4 is 5.69 Å². The molecule has 0 saturated carbocycles. The highest BCUT2D eigenvalue weighted by molar-refractivity contribution is 5.54. The maximum absolute atomic E-state index is 4.30. The van der Waals surface area contributed by atoms with Gasteiger partial charge in [0.15, 0.2) is 0 Å². The Morgan fingerprint density at radius 2 is 2.00 bits per heavy atom. The smallest absolute Gasteiger partial charge is 0.0587 e. The van der Waals surface area contributed by atoms with Crippen LogP contribution >= 0.6 is 0 Å². The number of nitrogens with zero attached hydrogens (tertiary/aromatic N) is 2. The molecule has 0 aliphatic carbocycles. The highest BCUT2D eigenvalue weighted by Crippen LogP contribution is 2.39. The molecule has 2 aliphatic rings. The summed E-state index contributed by atoms with van der Waals surface area (Å²) in [5.41, 5.74) is 2.72. The normalized spacial score (nSPS) is 31.9. The van der Waals surface area contributed by atoms with Crippen LogP contribution in [0.15, 0.2) is 18.5 Å².